The Kier molecular flexibility index (Phi) is 5.62. The van der Waals surface area contributed by atoms with Gasteiger partial charge in [0, 0.05) is 23.7 Å². The van der Waals surface area contributed by atoms with E-state index in [9.17, 15) is 4.79 Å². The van der Waals surface area contributed by atoms with Gasteiger partial charge in [-0.2, -0.15) is 0 Å². The maximum absolute atomic E-state index is 12.1. The lowest BCUT2D eigenvalue weighted by atomic mass is 9.95. The van der Waals surface area contributed by atoms with E-state index >= 15 is 0 Å². The van der Waals surface area contributed by atoms with E-state index in [4.69, 9.17) is 15.2 Å². The van der Waals surface area contributed by atoms with Crippen LogP contribution in [0.5, 0.6) is 5.75 Å². The molecule has 0 aliphatic rings. The number of rotatable bonds is 6. The maximum atomic E-state index is 12.1. The van der Waals surface area contributed by atoms with E-state index in [1.165, 1.54) is 0 Å². The Hall–Kier alpha value is -2.21. The summed E-state index contributed by atoms with van der Waals surface area (Å²) >= 11 is 0. The molecule has 1 aromatic carbocycles. The van der Waals surface area contributed by atoms with Crippen LogP contribution in [0.4, 0.5) is 4.79 Å². The fourth-order valence-electron chi connectivity index (χ4n) is 2.72. The number of nitrogens with two attached hydrogens (primary N) is 1. The largest absolute Gasteiger partial charge is 0.490 e. The van der Waals surface area contributed by atoms with Gasteiger partial charge >= 0.3 is 6.09 Å². The molecule has 1 heterocycles. The average molecular weight is 347 g/mol. The molecule has 0 saturated heterocycles. The molecule has 2 aromatic rings. The number of para-hydroxylation sites is 1. The zero-order valence-corrected chi connectivity index (χ0v) is 15.7. The number of ether oxygens (including phenoxy) is 2. The van der Waals surface area contributed by atoms with Gasteiger partial charge in [0.05, 0.1) is 5.52 Å². The molecule has 0 saturated carbocycles. The molecule has 6 nitrogen and oxygen atoms in total. The SMILES string of the molecule is CC(C)(Cc1c[nH]c2c(OCCN)cccc12)NC(=O)OC(C)(C)C. The number of aromatic nitrogens is 1. The third kappa shape index (κ3) is 5.39. The number of carbonyl (C=O) groups excluding carboxylic acids is 1. The molecule has 0 unspecified atom stereocenters. The summed E-state index contributed by atoms with van der Waals surface area (Å²) in [5.41, 5.74) is 6.59. The zero-order valence-electron chi connectivity index (χ0n) is 15.7. The van der Waals surface area contributed by atoms with Gasteiger partial charge in [-0.3, -0.25) is 0 Å². The highest BCUT2D eigenvalue weighted by atomic mass is 16.6. The van der Waals surface area contributed by atoms with Gasteiger partial charge in [0.1, 0.15) is 18.0 Å². The number of hydrogen-bond acceptors (Lipinski definition) is 4. The molecular weight excluding hydrogens is 318 g/mol. The minimum atomic E-state index is -0.518. The summed E-state index contributed by atoms with van der Waals surface area (Å²) in [5, 5.41) is 4.02. The van der Waals surface area contributed by atoms with Gasteiger partial charge in [-0.1, -0.05) is 12.1 Å². The van der Waals surface area contributed by atoms with E-state index in [1.54, 1.807) is 0 Å². The standard InChI is InChI=1S/C19H29N3O3/c1-18(2,3)25-17(23)22-19(4,5)11-13-12-21-16-14(13)7-6-8-15(16)24-10-9-20/h6-8,12,21H,9-11,20H2,1-5H3,(H,22,23). The van der Waals surface area contributed by atoms with Crippen molar-refractivity contribution in [1.29, 1.82) is 0 Å². The molecule has 1 amide bonds. The number of nitrogens with one attached hydrogen (secondary N) is 2. The molecule has 6 heteroatoms. The second-order valence-corrected chi connectivity index (χ2v) is 7.82. The maximum Gasteiger partial charge on any atom is 0.408 e. The molecule has 0 fully saturated rings. The third-order valence-electron chi connectivity index (χ3n) is 3.61. The highest BCUT2D eigenvalue weighted by Crippen LogP contribution is 2.29. The lowest BCUT2D eigenvalue weighted by Gasteiger charge is -2.28. The molecule has 0 radical (unpaired) electrons. The first-order valence-electron chi connectivity index (χ1n) is 8.54. The summed E-state index contributed by atoms with van der Waals surface area (Å²) in [7, 11) is 0. The fraction of sp³-hybridized carbons (Fsp3) is 0.526. The number of benzene rings is 1. The van der Waals surface area contributed by atoms with Crippen molar-refractivity contribution in [2.24, 2.45) is 5.73 Å². The molecule has 0 spiro atoms. The monoisotopic (exact) mass is 347 g/mol. The number of hydrogen-bond donors (Lipinski definition) is 3. The number of carbonyl (C=O) groups is 1. The minimum Gasteiger partial charge on any atom is -0.490 e. The van der Waals surface area contributed by atoms with Crippen LogP contribution >= 0.6 is 0 Å². The Morgan fingerprint density at radius 2 is 1.96 bits per heavy atom. The second kappa shape index (κ2) is 7.35. The molecule has 0 bridgehead atoms. The van der Waals surface area contributed by atoms with Crippen molar-refractivity contribution >= 4 is 17.0 Å². The lowest BCUT2D eigenvalue weighted by Crippen LogP contribution is -2.47. The van der Waals surface area contributed by atoms with Gasteiger partial charge in [0.25, 0.3) is 0 Å². The predicted octanol–water partition coefficient (Wildman–Crippen LogP) is 3.35. The van der Waals surface area contributed by atoms with Gasteiger partial charge in [-0.15, -0.1) is 0 Å². The van der Waals surface area contributed by atoms with Crippen LogP contribution in [0.2, 0.25) is 0 Å². The molecule has 0 aliphatic heterocycles. The van der Waals surface area contributed by atoms with E-state index in [0.29, 0.717) is 19.6 Å². The Morgan fingerprint density at radius 3 is 2.60 bits per heavy atom. The van der Waals surface area contributed by atoms with Crippen molar-refractivity contribution < 1.29 is 14.3 Å². The van der Waals surface area contributed by atoms with Crippen LogP contribution in [0.15, 0.2) is 24.4 Å². The molecule has 138 valence electrons. The van der Waals surface area contributed by atoms with Crippen LogP contribution in [-0.2, 0) is 11.2 Å². The van der Waals surface area contributed by atoms with Gasteiger partial charge in [-0.05, 0) is 52.7 Å². The van der Waals surface area contributed by atoms with Gasteiger partial charge < -0.3 is 25.5 Å². The summed E-state index contributed by atoms with van der Waals surface area (Å²) in [4.78, 5) is 15.3. The Bertz CT molecular complexity index is 729. The number of amides is 1. The second-order valence-electron chi connectivity index (χ2n) is 7.82. The topological polar surface area (TPSA) is 89.4 Å². The van der Waals surface area contributed by atoms with Crippen molar-refractivity contribution in [2.45, 2.75) is 52.2 Å². The highest BCUT2D eigenvalue weighted by Gasteiger charge is 2.26. The zero-order chi connectivity index (χ0) is 18.7. The van der Waals surface area contributed by atoms with E-state index in [0.717, 1.165) is 22.2 Å². The lowest BCUT2D eigenvalue weighted by molar-refractivity contribution is 0.0472. The van der Waals surface area contributed by atoms with Gasteiger partial charge in [0.2, 0.25) is 0 Å². The molecule has 0 aliphatic carbocycles. The minimum absolute atomic E-state index is 0.413. The normalized spacial score (nSPS) is 12.2. The fourth-order valence-corrected chi connectivity index (χ4v) is 2.72. The van der Waals surface area contributed by atoms with Gasteiger partial charge in [-0.25, -0.2) is 4.79 Å². The van der Waals surface area contributed by atoms with Crippen LogP contribution in [0, 0.1) is 0 Å². The molecule has 0 atom stereocenters. The van der Waals surface area contributed by atoms with Crippen molar-refractivity contribution in [1.82, 2.24) is 10.3 Å². The highest BCUT2D eigenvalue weighted by molar-refractivity contribution is 5.88. The number of alkyl carbamates (subject to hydrolysis) is 1. The number of H-pyrrole nitrogens is 1. The smallest absolute Gasteiger partial charge is 0.408 e. The molecule has 25 heavy (non-hydrogen) atoms. The summed E-state index contributed by atoms with van der Waals surface area (Å²) < 4.78 is 11.0. The van der Waals surface area contributed by atoms with Crippen molar-refractivity contribution in [3.05, 3.63) is 30.0 Å². The summed E-state index contributed by atoms with van der Waals surface area (Å²) in [6.07, 6.45) is 2.20. The van der Waals surface area contributed by atoms with Crippen molar-refractivity contribution in [3.8, 4) is 5.75 Å². The van der Waals surface area contributed by atoms with E-state index in [1.807, 2.05) is 59.0 Å². The predicted molar refractivity (Wildman–Crippen MR) is 100 cm³/mol. The van der Waals surface area contributed by atoms with Crippen molar-refractivity contribution in [2.75, 3.05) is 13.2 Å². The average Bonchev–Trinajstić information content (AvgIpc) is 2.85. The van der Waals surface area contributed by atoms with E-state index in [2.05, 4.69) is 10.3 Å². The molecule has 4 N–H and O–H groups in total. The summed E-state index contributed by atoms with van der Waals surface area (Å²) in [6.45, 7) is 10.4. The van der Waals surface area contributed by atoms with E-state index in [-0.39, 0.29) is 0 Å². The first-order chi connectivity index (χ1) is 11.6. The molecule has 2 rings (SSSR count). The summed E-state index contributed by atoms with van der Waals surface area (Å²) in [5.74, 6) is 0.784. The number of fused-ring (bicyclic) bond motifs is 1. The van der Waals surface area contributed by atoms with Crippen LogP contribution in [0.1, 0.15) is 40.2 Å². The number of aromatic amines is 1. The Balaban J connectivity index is 2.15. The van der Waals surface area contributed by atoms with Crippen LogP contribution in [0.3, 0.4) is 0 Å². The Labute approximate surface area is 149 Å². The molecular formula is C19H29N3O3. The van der Waals surface area contributed by atoms with Crippen molar-refractivity contribution in [3.63, 3.8) is 0 Å². The summed E-state index contributed by atoms with van der Waals surface area (Å²) in [6, 6.07) is 5.92. The quantitative estimate of drug-likeness (QED) is 0.747. The van der Waals surface area contributed by atoms with Gasteiger partial charge in [0.15, 0.2) is 0 Å². The first kappa shape index (κ1) is 19.1. The first-order valence-corrected chi connectivity index (χ1v) is 8.54. The van der Waals surface area contributed by atoms with E-state index < -0.39 is 17.2 Å². The third-order valence-corrected chi connectivity index (χ3v) is 3.61. The molecule has 1 aromatic heterocycles. The van der Waals surface area contributed by atoms with Crippen LogP contribution < -0.4 is 15.8 Å². The van der Waals surface area contributed by atoms with Crippen LogP contribution in [0.25, 0.3) is 10.9 Å². The Morgan fingerprint density at radius 1 is 1.24 bits per heavy atom. The van der Waals surface area contributed by atoms with Crippen LogP contribution in [-0.4, -0.2) is 35.4 Å².